The van der Waals surface area contributed by atoms with Gasteiger partial charge in [-0.2, -0.15) is 43.9 Å². The Labute approximate surface area is 376 Å². The first-order chi connectivity index (χ1) is 30.8. The minimum atomic E-state index is -5.20. The molecule has 0 aromatic heterocycles. The predicted molar refractivity (Wildman–Crippen MR) is 220 cm³/mol. The Morgan fingerprint density at radius 1 is 0.687 bits per heavy atom. The van der Waals surface area contributed by atoms with E-state index in [0.29, 0.717) is 63.5 Å². The van der Waals surface area contributed by atoms with Crippen LogP contribution in [0.2, 0.25) is 0 Å². The second kappa shape index (κ2) is 23.5. The Kier molecular flexibility index (Phi) is 20.0. The normalized spacial score (nSPS) is 14.8. The summed E-state index contributed by atoms with van der Waals surface area (Å²) >= 11 is 0. The molecule has 14 nitrogen and oxygen atoms in total. The topological polar surface area (TPSA) is 212 Å². The highest BCUT2D eigenvalue weighted by Crippen LogP contribution is 2.42. The summed E-state index contributed by atoms with van der Waals surface area (Å²) in [5, 5.41) is 36.5. The zero-order valence-corrected chi connectivity index (χ0v) is 36.4. The third-order valence-corrected chi connectivity index (χ3v) is 10.2. The zero-order valence-electron chi connectivity index (χ0n) is 36.4. The number of nitrogens with zero attached hydrogens (tertiary/aromatic N) is 1. The molecule has 0 saturated carbocycles. The molecule has 2 rings (SSSR count). The lowest BCUT2D eigenvalue weighted by Crippen LogP contribution is -2.63. The largest absolute Gasteiger partial charge is 0.396 e. The van der Waals surface area contributed by atoms with E-state index in [1.807, 2.05) is 16.1 Å². The number of nitrogens with one attached hydrogen (secondary N) is 8. The molecular weight excluding hydrogens is 926 g/mol. The molecule has 1 unspecified atom stereocenters. The number of aliphatic hydroxyl groups excluding tert-OH is 1. The summed E-state index contributed by atoms with van der Waals surface area (Å²) in [5.74, 6) is -8.48. The van der Waals surface area contributed by atoms with Crippen LogP contribution < -0.4 is 32.0 Å². The molecule has 0 radical (unpaired) electrons. The first kappa shape index (κ1) is 56.9. The van der Waals surface area contributed by atoms with Crippen molar-refractivity contribution in [3.8, 4) is 0 Å². The molecule has 0 aliphatic rings. The van der Waals surface area contributed by atoms with Crippen molar-refractivity contribution in [2.45, 2.75) is 104 Å². The van der Waals surface area contributed by atoms with Crippen LogP contribution in [-0.2, 0) is 32.1 Å². The fourth-order valence-electron chi connectivity index (χ4n) is 6.07. The average Bonchev–Trinajstić information content (AvgIpc) is 3.19. The Morgan fingerprint density at radius 3 is 1.49 bits per heavy atom. The van der Waals surface area contributed by atoms with Gasteiger partial charge in [0, 0.05) is 68.5 Å². The number of carbonyl (C=O) groups is 4. The summed E-state index contributed by atoms with van der Waals surface area (Å²) in [4.78, 5) is 51.7. The van der Waals surface area contributed by atoms with Gasteiger partial charge >= 0.3 is 25.5 Å². The van der Waals surface area contributed by atoms with Crippen LogP contribution in [0.3, 0.4) is 0 Å². The quantitative estimate of drug-likeness (QED) is 0.0292. The molecular formula is C41H49F12N9O5. The summed E-state index contributed by atoms with van der Waals surface area (Å²) in [6.45, 7) is -4.74. The van der Waals surface area contributed by atoms with Crippen LogP contribution in [0, 0.1) is 33.3 Å². The monoisotopic (exact) mass is 975 g/mol. The molecule has 9 N–H and O–H groups in total. The van der Waals surface area contributed by atoms with Gasteiger partial charge in [-0.1, -0.05) is 24.3 Å². The van der Waals surface area contributed by atoms with Crippen molar-refractivity contribution in [1.29, 1.82) is 10.8 Å². The van der Waals surface area contributed by atoms with Crippen molar-refractivity contribution >= 4 is 47.2 Å². The van der Waals surface area contributed by atoms with Gasteiger partial charge in [0.25, 0.3) is 5.91 Å². The number of amides is 4. The van der Waals surface area contributed by atoms with E-state index < -0.39 is 132 Å². The molecule has 4 atom stereocenters. The maximum Gasteiger partial charge on any atom is 0.396 e. The molecule has 0 aliphatic carbocycles. The number of halogens is 12. The van der Waals surface area contributed by atoms with Gasteiger partial charge in [0.2, 0.25) is 17.7 Å². The van der Waals surface area contributed by atoms with Crippen molar-refractivity contribution in [2.24, 2.45) is 10.8 Å². The SMILES string of the molecule is CC(=O)NC(C(=O)N[C@@H](Cc1ccc(/C(C=N)=C/NC(F)F)cc1)[C@@H](O)CN(Cc1c(F)cc(/C(C=N)=C/NC(F)F)cc1F)NC(=O)[C@@H](NC(C)=O)C(C)(C)C(F)(F)F)C(C)(C)C(F)(F)F. The third kappa shape index (κ3) is 16.0. The molecule has 2 aromatic carbocycles. The van der Waals surface area contributed by atoms with Gasteiger partial charge in [-0.05, 0) is 62.9 Å². The van der Waals surface area contributed by atoms with E-state index in [1.165, 1.54) is 29.6 Å². The molecule has 2 aromatic rings. The summed E-state index contributed by atoms with van der Waals surface area (Å²) in [5.41, 5.74) is -5.82. The van der Waals surface area contributed by atoms with Crippen molar-refractivity contribution in [3.05, 3.63) is 82.7 Å². The van der Waals surface area contributed by atoms with Crippen LogP contribution in [-0.4, -0.2) is 102 Å². The average molecular weight is 976 g/mol. The number of alkyl halides is 10. The highest BCUT2D eigenvalue weighted by atomic mass is 19.4. The number of hydrogen-bond donors (Lipinski definition) is 9. The Bertz CT molecular complexity index is 2120. The summed E-state index contributed by atoms with van der Waals surface area (Å²) in [7, 11) is 0. The molecule has 0 spiro atoms. The lowest BCUT2D eigenvalue weighted by molar-refractivity contribution is -0.222. The summed E-state index contributed by atoms with van der Waals surface area (Å²) in [6, 6.07) is -0.464. The minimum absolute atomic E-state index is 0.0655. The number of hydrogen-bond acceptors (Lipinski definition) is 10. The van der Waals surface area contributed by atoms with Gasteiger partial charge in [0.1, 0.15) is 23.7 Å². The number of carbonyl (C=O) groups excluding carboxylic acids is 4. The van der Waals surface area contributed by atoms with Crippen LogP contribution in [0.25, 0.3) is 11.1 Å². The third-order valence-electron chi connectivity index (χ3n) is 10.2. The highest BCUT2D eigenvalue weighted by molar-refractivity contribution is 6.08. The fraction of sp³-hybridized carbons (Fsp3) is 0.463. The molecule has 0 heterocycles. The fourth-order valence-corrected chi connectivity index (χ4v) is 6.07. The number of aliphatic hydroxyl groups is 1. The number of allylic oxidation sites excluding steroid dienone is 2. The van der Waals surface area contributed by atoms with Crippen molar-refractivity contribution < 1.29 is 77.0 Å². The lowest BCUT2D eigenvalue weighted by atomic mass is 9.82. The lowest BCUT2D eigenvalue weighted by Gasteiger charge is -2.38. The maximum atomic E-state index is 15.8. The minimum Gasteiger partial charge on any atom is -0.390 e. The van der Waals surface area contributed by atoms with Crippen LogP contribution in [0.4, 0.5) is 52.7 Å². The van der Waals surface area contributed by atoms with E-state index in [-0.39, 0.29) is 16.7 Å². The van der Waals surface area contributed by atoms with E-state index in [2.05, 4.69) is 5.32 Å². The first-order valence-electron chi connectivity index (χ1n) is 19.6. The van der Waals surface area contributed by atoms with Gasteiger partial charge in [0.15, 0.2) is 0 Å². The van der Waals surface area contributed by atoms with Crippen molar-refractivity contribution in [2.75, 3.05) is 6.54 Å². The van der Waals surface area contributed by atoms with E-state index in [9.17, 15) is 68.2 Å². The molecule has 0 bridgehead atoms. The van der Waals surface area contributed by atoms with Crippen LogP contribution in [0.15, 0.2) is 48.8 Å². The summed E-state index contributed by atoms with van der Waals surface area (Å²) < 4.78 is 168. The Hall–Kier alpha value is -6.18. The molecule has 0 aliphatic heterocycles. The molecule has 372 valence electrons. The second-order valence-corrected chi connectivity index (χ2v) is 16.0. The molecule has 4 amide bonds. The van der Waals surface area contributed by atoms with Crippen molar-refractivity contribution in [3.63, 3.8) is 0 Å². The van der Waals surface area contributed by atoms with Gasteiger partial charge in [-0.3, -0.25) is 24.6 Å². The second-order valence-electron chi connectivity index (χ2n) is 16.0. The van der Waals surface area contributed by atoms with Crippen LogP contribution in [0.1, 0.15) is 63.8 Å². The maximum absolute atomic E-state index is 15.8. The molecule has 67 heavy (non-hydrogen) atoms. The molecule has 0 saturated heterocycles. The van der Waals surface area contributed by atoms with Gasteiger partial charge in [-0.25, -0.2) is 13.8 Å². The summed E-state index contributed by atoms with van der Waals surface area (Å²) in [6.07, 6.45) is -10.6. The van der Waals surface area contributed by atoms with E-state index in [0.717, 1.165) is 20.0 Å². The molecule has 0 fully saturated rings. The van der Waals surface area contributed by atoms with Crippen LogP contribution >= 0.6 is 0 Å². The van der Waals surface area contributed by atoms with E-state index in [4.69, 9.17) is 10.8 Å². The Balaban J connectivity index is 2.85. The van der Waals surface area contributed by atoms with Gasteiger partial charge < -0.3 is 42.5 Å². The van der Waals surface area contributed by atoms with Crippen molar-refractivity contribution in [1.82, 2.24) is 37.0 Å². The number of rotatable bonds is 23. The molecule has 26 heteroatoms. The smallest absolute Gasteiger partial charge is 0.390 e. The number of benzene rings is 2. The highest BCUT2D eigenvalue weighted by Gasteiger charge is 2.57. The predicted octanol–water partition coefficient (Wildman–Crippen LogP) is 5.68. The van der Waals surface area contributed by atoms with Crippen LogP contribution in [0.5, 0.6) is 0 Å². The van der Waals surface area contributed by atoms with Gasteiger partial charge in [0.05, 0.1) is 23.0 Å². The standard InChI is InChI=1S/C41H49F12N9O5/c1-20(63)58-32(38(3,4)40(48,49)50)34(66)60-30(11-22-7-9-23(10-8-22)25(14-54)16-56-36(44)45)31(65)19-62(61-35(67)33(59-21(2)64)39(5,6)41(51,52)53)18-27-28(42)12-24(13-29(27)43)26(15-55)17-57-37(46)47/h7-10,12-17,30-33,36-37,54-57,65H,11,18-19H2,1-6H3,(H,58,63)(H,59,64)(H,60,66)(H,61,67)/b25-16+,26-17+,54-14?,55-15?/t30-,31-,32?,33+/m0/s1. The number of hydrazine groups is 1. The first-order valence-corrected chi connectivity index (χ1v) is 19.6. The van der Waals surface area contributed by atoms with Gasteiger partial charge in [-0.15, -0.1) is 0 Å². The van der Waals surface area contributed by atoms with E-state index in [1.54, 1.807) is 5.32 Å². The Morgan fingerprint density at radius 2 is 1.10 bits per heavy atom. The zero-order chi connectivity index (χ0) is 51.4. The van der Waals surface area contributed by atoms with E-state index >= 15 is 8.78 Å².